The summed E-state index contributed by atoms with van der Waals surface area (Å²) in [5, 5.41) is 0. The largest absolute Gasteiger partial charge is 0.301 e. The molecular formula is C11H23ClN2O2S. The average molecular weight is 283 g/mol. The zero-order chi connectivity index (χ0) is 12.9. The highest BCUT2D eigenvalue weighted by Gasteiger charge is 2.25. The van der Waals surface area contributed by atoms with Crippen LogP contribution in [0.4, 0.5) is 0 Å². The fourth-order valence-electron chi connectivity index (χ4n) is 2.10. The van der Waals surface area contributed by atoms with Crippen LogP contribution in [0.1, 0.15) is 20.3 Å². The van der Waals surface area contributed by atoms with Crippen molar-refractivity contribution >= 4 is 21.6 Å². The third-order valence-corrected chi connectivity index (χ3v) is 5.29. The van der Waals surface area contributed by atoms with Gasteiger partial charge in [0.1, 0.15) is 0 Å². The molecule has 0 aromatic carbocycles. The van der Waals surface area contributed by atoms with E-state index >= 15 is 0 Å². The molecule has 1 rings (SSSR count). The number of alkyl halides is 1. The van der Waals surface area contributed by atoms with Crippen molar-refractivity contribution in [3.63, 3.8) is 0 Å². The number of hydrogen-bond acceptors (Lipinski definition) is 3. The molecule has 1 aliphatic heterocycles. The Bertz CT molecular complexity index is 319. The standard InChI is InChI=1S/C11H23ClN2O2S/c1-11(2)10-17(15,16)14-6-3-5-13(7-4-12)8-9-14/h11H,3-10H2,1-2H3. The molecule has 0 atom stereocenters. The van der Waals surface area contributed by atoms with Crippen LogP contribution in [-0.4, -0.2) is 62.0 Å². The Balaban J connectivity index is 2.56. The molecule has 0 amide bonds. The molecule has 1 saturated heterocycles. The van der Waals surface area contributed by atoms with Crippen molar-refractivity contribution in [1.29, 1.82) is 0 Å². The van der Waals surface area contributed by atoms with Gasteiger partial charge in [0.25, 0.3) is 0 Å². The van der Waals surface area contributed by atoms with Gasteiger partial charge in [-0.15, -0.1) is 11.6 Å². The van der Waals surface area contributed by atoms with Crippen molar-refractivity contribution in [3.8, 4) is 0 Å². The maximum absolute atomic E-state index is 12.1. The molecule has 0 bridgehead atoms. The molecule has 0 saturated carbocycles. The Morgan fingerprint density at radius 1 is 1.18 bits per heavy atom. The van der Waals surface area contributed by atoms with E-state index in [1.807, 2.05) is 13.8 Å². The second-order valence-corrected chi connectivity index (χ2v) is 7.35. The third kappa shape index (κ3) is 5.12. The molecule has 1 aliphatic rings. The van der Waals surface area contributed by atoms with E-state index in [2.05, 4.69) is 4.90 Å². The number of nitrogens with zero attached hydrogens (tertiary/aromatic N) is 2. The van der Waals surface area contributed by atoms with Crippen molar-refractivity contribution in [2.24, 2.45) is 5.92 Å². The van der Waals surface area contributed by atoms with E-state index in [1.165, 1.54) is 0 Å². The van der Waals surface area contributed by atoms with Crippen LogP contribution >= 0.6 is 11.6 Å². The molecule has 0 aromatic heterocycles. The lowest BCUT2D eigenvalue weighted by Gasteiger charge is -2.22. The summed E-state index contributed by atoms with van der Waals surface area (Å²) in [5.74, 6) is 1.04. The molecule has 1 fully saturated rings. The van der Waals surface area contributed by atoms with Crippen molar-refractivity contribution < 1.29 is 8.42 Å². The lowest BCUT2D eigenvalue weighted by molar-refractivity contribution is 0.303. The fourth-order valence-corrected chi connectivity index (χ4v) is 4.15. The molecule has 17 heavy (non-hydrogen) atoms. The zero-order valence-electron chi connectivity index (χ0n) is 10.7. The van der Waals surface area contributed by atoms with Crippen LogP contribution in [0.5, 0.6) is 0 Å². The number of hydrogen-bond donors (Lipinski definition) is 0. The first-order valence-electron chi connectivity index (χ1n) is 6.22. The third-order valence-electron chi connectivity index (χ3n) is 2.89. The second kappa shape index (κ2) is 6.92. The Morgan fingerprint density at radius 2 is 1.88 bits per heavy atom. The van der Waals surface area contributed by atoms with Crippen molar-refractivity contribution in [1.82, 2.24) is 9.21 Å². The second-order valence-electron chi connectivity index (χ2n) is 4.96. The maximum atomic E-state index is 12.1. The fraction of sp³-hybridized carbons (Fsp3) is 1.00. The van der Waals surface area contributed by atoms with E-state index in [-0.39, 0.29) is 11.7 Å². The van der Waals surface area contributed by atoms with Crippen LogP contribution in [0.2, 0.25) is 0 Å². The normalized spacial score (nSPS) is 20.7. The summed E-state index contributed by atoms with van der Waals surface area (Å²) >= 11 is 5.71. The van der Waals surface area contributed by atoms with Crippen molar-refractivity contribution in [2.45, 2.75) is 20.3 Å². The first-order chi connectivity index (χ1) is 7.95. The van der Waals surface area contributed by atoms with Gasteiger partial charge in [-0.05, 0) is 18.9 Å². The topological polar surface area (TPSA) is 40.6 Å². The van der Waals surface area contributed by atoms with Crippen LogP contribution in [0.3, 0.4) is 0 Å². The van der Waals surface area contributed by atoms with Gasteiger partial charge in [0, 0.05) is 32.1 Å². The van der Waals surface area contributed by atoms with E-state index in [1.54, 1.807) is 4.31 Å². The lowest BCUT2D eigenvalue weighted by Crippen LogP contribution is -2.37. The summed E-state index contributed by atoms with van der Waals surface area (Å²) in [6.45, 7) is 7.72. The van der Waals surface area contributed by atoms with Crippen LogP contribution in [0.15, 0.2) is 0 Å². The van der Waals surface area contributed by atoms with Crippen molar-refractivity contribution in [3.05, 3.63) is 0 Å². The van der Waals surface area contributed by atoms with E-state index in [9.17, 15) is 8.42 Å². The van der Waals surface area contributed by atoms with Gasteiger partial charge in [-0.2, -0.15) is 0 Å². The van der Waals surface area contributed by atoms with E-state index in [4.69, 9.17) is 11.6 Å². The minimum Gasteiger partial charge on any atom is -0.301 e. The lowest BCUT2D eigenvalue weighted by atomic mass is 10.3. The molecule has 6 heteroatoms. The van der Waals surface area contributed by atoms with E-state index in [0.29, 0.717) is 19.0 Å². The van der Waals surface area contributed by atoms with Crippen molar-refractivity contribution in [2.75, 3.05) is 44.4 Å². The highest BCUT2D eigenvalue weighted by Crippen LogP contribution is 2.11. The molecule has 1 heterocycles. The molecule has 0 aliphatic carbocycles. The monoisotopic (exact) mass is 282 g/mol. The quantitative estimate of drug-likeness (QED) is 0.712. The minimum absolute atomic E-state index is 0.183. The molecule has 0 radical (unpaired) electrons. The van der Waals surface area contributed by atoms with Crippen LogP contribution in [0, 0.1) is 5.92 Å². The Hall–Kier alpha value is 0.160. The van der Waals surface area contributed by atoms with Crippen LogP contribution in [-0.2, 0) is 10.0 Å². The smallest absolute Gasteiger partial charge is 0.214 e. The van der Waals surface area contributed by atoms with Gasteiger partial charge < -0.3 is 4.90 Å². The number of rotatable bonds is 5. The summed E-state index contributed by atoms with van der Waals surface area (Å²) in [6.07, 6.45) is 0.897. The van der Waals surface area contributed by atoms with Gasteiger partial charge in [0.2, 0.25) is 10.0 Å². The van der Waals surface area contributed by atoms with Gasteiger partial charge in [-0.3, -0.25) is 0 Å². The molecular weight excluding hydrogens is 260 g/mol. The molecule has 0 spiro atoms. The Labute approximate surface area is 110 Å². The van der Waals surface area contributed by atoms with Gasteiger partial charge in [-0.1, -0.05) is 13.8 Å². The molecule has 102 valence electrons. The first kappa shape index (κ1) is 15.2. The Morgan fingerprint density at radius 3 is 2.47 bits per heavy atom. The van der Waals surface area contributed by atoms with Gasteiger partial charge in [0.15, 0.2) is 0 Å². The molecule has 4 nitrogen and oxygen atoms in total. The highest BCUT2D eigenvalue weighted by molar-refractivity contribution is 7.89. The summed E-state index contributed by atoms with van der Waals surface area (Å²) < 4.78 is 25.8. The number of halogens is 1. The molecule has 0 N–H and O–H groups in total. The van der Waals surface area contributed by atoms with Gasteiger partial charge in [0.05, 0.1) is 5.75 Å². The first-order valence-corrected chi connectivity index (χ1v) is 8.36. The van der Waals surface area contributed by atoms with Gasteiger partial charge >= 0.3 is 0 Å². The predicted molar refractivity (Wildman–Crippen MR) is 72.0 cm³/mol. The van der Waals surface area contributed by atoms with Gasteiger partial charge in [-0.25, -0.2) is 12.7 Å². The number of sulfonamides is 1. The predicted octanol–water partition coefficient (Wildman–Crippen LogP) is 1.22. The Kier molecular flexibility index (Phi) is 6.20. The van der Waals surface area contributed by atoms with Crippen LogP contribution < -0.4 is 0 Å². The van der Waals surface area contributed by atoms with E-state index in [0.717, 1.165) is 26.1 Å². The summed E-state index contributed by atoms with van der Waals surface area (Å²) in [7, 11) is -3.07. The SMILES string of the molecule is CC(C)CS(=O)(=O)N1CCCN(CCCl)CC1. The summed E-state index contributed by atoms with van der Waals surface area (Å²) in [6, 6.07) is 0. The average Bonchev–Trinajstić information content (AvgIpc) is 2.42. The minimum atomic E-state index is -3.07. The summed E-state index contributed by atoms with van der Waals surface area (Å²) in [4.78, 5) is 2.23. The molecule has 0 unspecified atom stereocenters. The zero-order valence-corrected chi connectivity index (χ0v) is 12.3. The summed E-state index contributed by atoms with van der Waals surface area (Å²) in [5.41, 5.74) is 0. The van der Waals surface area contributed by atoms with Crippen LogP contribution in [0.25, 0.3) is 0 Å². The molecule has 0 aromatic rings. The van der Waals surface area contributed by atoms with E-state index < -0.39 is 10.0 Å². The highest BCUT2D eigenvalue weighted by atomic mass is 35.5. The maximum Gasteiger partial charge on any atom is 0.214 e.